The number of carbonyl (C=O) groups excluding carboxylic acids is 1. The third-order valence-electron chi connectivity index (χ3n) is 4.64. The molecule has 140 valence electrons. The minimum atomic E-state index is -0.0625. The number of fused-ring (bicyclic) bond motifs is 1. The largest absolute Gasteiger partial charge is 0.334 e. The molecule has 4 rings (SSSR count). The van der Waals surface area contributed by atoms with Gasteiger partial charge in [0, 0.05) is 36.6 Å². The van der Waals surface area contributed by atoms with Gasteiger partial charge in [-0.05, 0) is 42.0 Å². The number of hydrogen-bond donors (Lipinski definition) is 0. The maximum absolute atomic E-state index is 12.7. The molecule has 0 spiro atoms. The fourth-order valence-corrected chi connectivity index (χ4v) is 3.32. The summed E-state index contributed by atoms with van der Waals surface area (Å²) in [5.74, 6) is 0.772. The average molecular weight is 391 g/mol. The first-order valence-corrected chi connectivity index (χ1v) is 9.34. The first-order valence-electron chi connectivity index (χ1n) is 8.96. The van der Waals surface area contributed by atoms with Crippen molar-refractivity contribution in [3.63, 3.8) is 0 Å². The van der Waals surface area contributed by atoms with Crippen molar-refractivity contribution in [2.24, 2.45) is 0 Å². The second-order valence-corrected chi connectivity index (χ2v) is 7.06. The van der Waals surface area contributed by atoms with Gasteiger partial charge in [0.15, 0.2) is 0 Å². The van der Waals surface area contributed by atoms with Crippen LogP contribution in [0, 0.1) is 0 Å². The van der Waals surface area contributed by atoms with Crippen LogP contribution in [0.2, 0.25) is 5.02 Å². The molecule has 0 unspecified atom stereocenters. The molecule has 1 amide bonds. The lowest BCUT2D eigenvalue weighted by Gasteiger charge is -2.18. The Labute approximate surface area is 168 Å². The first kappa shape index (κ1) is 18.2. The van der Waals surface area contributed by atoms with Crippen LogP contribution in [0.15, 0.2) is 73.1 Å². The van der Waals surface area contributed by atoms with Crippen LogP contribution in [0.5, 0.6) is 0 Å². The molecular weight excluding hydrogens is 372 g/mol. The molecule has 0 saturated heterocycles. The van der Waals surface area contributed by atoms with E-state index in [1.165, 1.54) is 0 Å². The number of amides is 1. The van der Waals surface area contributed by atoms with Crippen molar-refractivity contribution < 1.29 is 4.79 Å². The molecule has 6 heteroatoms. The number of rotatable bonds is 5. The van der Waals surface area contributed by atoms with Gasteiger partial charge in [-0.25, -0.2) is 4.98 Å². The summed E-state index contributed by atoms with van der Waals surface area (Å²) in [7, 11) is 1.79. The summed E-state index contributed by atoms with van der Waals surface area (Å²) in [4.78, 5) is 23.1. The highest BCUT2D eigenvalue weighted by Gasteiger charge is 2.17. The van der Waals surface area contributed by atoms with Gasteiger partial charge in [0.25, 0.3) is 5.91 Å². The molecule has 5 nitrogen and oxygen atoms in total. The van der Waals surface area contributed by atoms with Gasteiger partial charge in [-0.2, -0.15) is 0 Å². The maximum Gasteiger partial charge on any atom is 0.254 e. The monoisotopic (exact) mass is 390 g/mol. The maximum atomic E-state index is 12.7. The predicted octanol–water partition coefficient (Wildman–Crippen LogP) is 4.41. The van der Waals surface area contributed by atoms with Crippen LogP contribution >= 0.6 is 11.6 Å². The zero-order valence-electron chi connectivity index (χ0n) is 15.4. The van der Waals surface area contributed by atoms with Crippen LogP contribution in [0.3, 0.4) is 0 Å². The number of benzene rings is 2. The highest BCUT2D eigenvalue weighted by Crippen LogP contribution is 2.20. The summed E-state index contributed by atoms with van der Waals surface area (Å²) in [6.45, 7) is 1.06. The van der Waals surface area contributed by atoms with Gasteiger partial charge in [-0.15, -0.1) is 0 Å². The highest BCUT2D eigenvalue weighted by atomic mass is 35.5. The number of nitrogens with zero attached hydrogens (tertiary/aromatic N) is 4. The predicted molar refractivity (Wildman–Crippen MR) is 110 cm³/mol. The quantitative estimate of drug-likeness (QED) is 0.507. The van der Waals surface area contributed by atoms with Crippen LogP contribution in [0.25, 0.3) is 11.0 Å². The van der Waals surface area contributed by atoms with Gasteiger partial charge < -0.3 is 9.47 Å². The molecule has 0 saturated carbocycles. The summed E-state index contributed by atoms with van der Waals surface area (Å²) >= 11 is 6.01. The fourth-order valence-electron chi connectivity index (χ4n) is 3.19. The Morgan fingerprint density at radius 2 is 1.75 bits per heavy atom. The fraction of sp³-hybridized carbons (Fsp3) is 0.136. The minimum Gasteiger partial charge on any atom is -0.334 e. The molecule has 0 atom stereocenters. The summed E-state index contributed by atoms with van der Waals surface area (Å²) in [6, 6.07) is 19.2. The number of halogens is 1. The molecule has 0 N–H and O–H groups in total. The lowest BCUT2D eigenvalue weighted by atomic mass is 10.2. The third-order valence-corrected chi connectivity index (χ3v) is 4.89. The van der Waals surface area contributed by atoms with E-state index in [1.54, 1.807) is 36.5 Å². The third kappa shape index (κ3) is 3.75. The van der Waals surface area contributed by atoms with Crippen LogP contribution < -0.4 is 0 Å². The van der Waals surface area contributed by atoms with Gasteiger partial charge in [0.2, 0.25) is 0 Å². The van der Waals surface area contributed by atoms with Crippen LogP contribution in [0.1, 0.15) is 21.7 Å². The van der Waals surface area contributed by atoms with E-state index >= 15 is 0 Å². The van der Waals surface area contributed by atoms with Crippen molar-refractivity contribution >= 4 is 28.5 Å². The Morgan fingerprint density at radius 1 is 1.04 bits per heavy atom. The van der Waals surface area contributed by atoms with Gasteiger partial charge >= 0.3 is 0 Å². The van der Waals surface area contributed by atoms with Crippen molar-refractivity contribution in [3.05, 3.63) is 95.0 Å². The van der Waals surface area contributed by atoms with Gasteiger partial charge in [-0.3, -0.25) is 9.78 Å². The molecule has 2 heterocycles. The summed E-state index contributed by atoms with van der Waals surface area (Å²) in [5.41, 5.74) is 3.68. The first-order chi connectivity index (χ1) is 13.6. The highest BCUT2D eigenvalue weighted by molar-refractivity contribution is 6.30. The molecule has 0 aliphatic rings. The second-order valence-electron chi connectivity index (χ2n) is 6.63. The van der Waals surface area contributed by atoms with Crippen molar-refractivity contribution in [2.75, 3.05) is 7.05 Å². The Bertz CT molecular complexity index is 1110. The van der Waals surface area contributed by atoms with Crippen LogP contribution in [0.4, 0.5) is 0 Å². The van der Waals surface area contributed by atoms with Gasteiger partial charge in [0.1, 0.15) is 5.82 Å². The molecule has 2 aromatic heterocycles. The topological polar surface area (TPSA) is 51.0 Å². The number of para-hydroxylation sites is 2. The molecule has 28 heavy (non-hydrogen) atoms. The molecule has 0 bridgehead atoms. The van der Waals surface area contributed by atoms with Crippen LogP contribution in [-0.2, 0) is 13.1 Å². The number of imidazole rings is 1. The van der Waals surface area contributed by atoms with E-state index in [4.69, 9.17) is 16.6 Å². The lowest BCUT2D eigenvalue weighted by molar-refractivity contribution is 0.0780. The van der Waals surface area contributed by atoms with E-state index < -0.39 is 0 Å². The summed E-state index contributed by atoms with van der Waals surface area (Å²) in [5, 5.41) is 0.710. The molecule has 0 aliphatic heterocycles. The van der Waals surface area contributed by atoms with Crippen molar-refractivity contribution in [3.8, 4) is 0 Å². The van der Waals surface area contributed by atoms with Crippen molar-refractivity contribution in [1.29, 1.82) is 0 Å². The molecule has 0 aliphatic carbocycles. The van der Waals surface area contributed by atoms with Crippen molar-refractivity contribution in [1.82, 2.24) is 19.4 Å². The van der Waals surface area contributed by atoms with E-state index in [0.29, 0.717) is 23.7 Å². The molecular formula is C22H19ClN4O. The Hall–Kier alpha value is -3.18. The van der Waals surface area contributed by atoms with E-state index in [-0.39, 0.29) is 5.91 Å². The van der Waals surface area contributed by atoms with E-state index in [9.17, 15) is 4.79 Å². The summed E-state index contributed by atoms with van der Waals surface area (Å²) in [6.07, 6.45) is 3.24. The smallest absolute Gasteiger partial charge is 0.254 e. The van der Waals surface area contributed by atoms with E-state index in [0.717, 1.165) is 22.4 Å². The van der Waals surface area contributed by atoms with E-state index in [1.807, 2.05) is 48.5 Å². The normalized spacial score (nSPS) is 10.9. The van der Waals surface area contributed by atoms with E-state index in [2.05, 4.69) is 9.55 Å². The number of hydrogen-bond acceptors (Lipinski definition) is 3. The summed E-state index contributed by atoms with van der Waals surface area (Å²) < 4.78 is 2.15. The Morgan fingerprint density at radius 3 is 2.50 bits per heavy atom. The molecule has 0 fully saturated rings. The standard InChI is InChI=1S/C22H19ClN4O/c1-26(22(28)17-10-12-24-13-11-17)15-21-25-19-4-2-3-5-20(19)27(21)14-16-6-8-18(23)9-7-16/h2-13H,14-15H2,1H3. The minimum absolute atomic E-state index is 0.0625. The second kappa shape index (κ2) is 7.82. The number of aromatic nitrogens is 3. The lowest BCUT2D eigenvalue weighted by Crippen LogP contribution is -2.27. The molecule has 2 aromatic carbocycles. The molecule has 0 radical (unpaired) electrons. The van der Waals surface area contributed by atoms with Gasteiger partial charge in [0.05, 0.1) is 17.6 Å². The number of pyridine rings is 1. The number of carbonyl (C=O) groups is 1. The van der Waals surface area contributed by atoms with Gasteiger partial charge in [-0.1, -0.05) is 35.9 Å². The zero-order chi connectivity index (χ0) is 19.5. The molecule has 4 aromatic rings. The van der Waals surface area contributed by atoms with Crippen molar-refractivity contribution in [2.45, 2.75) is 13.1 Å². The average Bonchev–Trinajstić information content (AvgIpc) is 3.06. The Kier molecular flexibility index (Phi) is 5.08. The SMILES string of the molecule is CN(Cc1nc2ccccc2n1Cc1ccc(Cl)cc1)C(=O)c1ccncc1. The Balaban J connectivity index is 1.66. The van der Waals surface area contributed by atoms with Crippen LogP contribution in [-0.4, -0.2) is 32.4 Å². The zero-order valence-corrected chi connectivity index (χ0v) is 16.2.